The highest BCUT2D eigenvalue weighted by molar-refractivity contribution is 5.63. The summed E-state index contributed by atoms with van der Waals surface area (Å²) >= 11 is 0. The van der Waals surface area contributed by atoms with E-state index in [1.54, 1.807) is 14.0 Å². The smallest absolute Gasteiger partial charge is 0.230 e. The Kier molecular flexibility index (Phi) is 3.10. The summed E-state index contributed by atoms with van der Waals surface area (Å²) in [6, 6.07) is 9.56. The monoisotopic (exact) mass is 228 g/mol. The summed E-state index contributed by atoms with van der Waals surface area (Å²) in [7, 11) is 1.60. The second-order valence-corrected chi connectivity index (χ2v) is 3.56. The average Bonchev–Trinajstić information content (AvgIpc) is 2.71. The number of rotatable bonds is 3. The van der Waals surface area contributed by atoms with Gasteiger partial charge in [-0.1, -0.05) is 12.1 Å². The number of nitrogens with zero attached hydrogens (tertiary/aromatic N) is 2. The van der Waals surface area contributed by atoms with Crippen LogP contribution >= 0.6 is 0 Å². The molecule has 0 fully saturated rings. The van der Waals surface area contributed by atoms with Crippen LogP contribution in [0.15, 0.2) is 28.7 Å². The van der Waals surface area contributed by atoms with Crippen LogP contribution in [0, 0.1) is 18.3 Å². The molecule has 1 aromatic carbocycles. The summed E-state index contributed by atoms with van der Waals surface area (Å²) in [4.78, 5) is 4.31. The normalized spacial score (nSPS) is 9.94. The number of hydrogen-bond donors (Lipinski definition) is 0. The maximum atomic E-state index is 8.67. The van der Waals surface area contributed by atoms with E-state index in [9.17, 15) is 0 Å². The third-order valence-corrected chi connectivity index (χ3v) is 2.48. The molecule has 0 bridgehead atoms. The number of oxazole rings is 1. The van der Waals surface area contributed by atoms with E-state index in [-0.39, 0.29) is 6.42 Å². The van der Waals surface area contributed by atoms with E-state index in [2.05, 4.69) is 11.1 Å². The van der Waals surface area contributed by atoms with Crippen molar-refractivity contribution in [2.75, 3.05) is 7.11 Å². The Balaban J connectivity index is 2.47. The lowest BCUT2D eigenvalue weighted by Gasteiger charge is -2.03. The van der Waals surface area contributed by atoms with E-state index in [1.165, 1.54) is 0 Å². The predicted molar refractivity (Wildman–Crippen MR) is 62.5 cm³/mol. The molecule has 1 heterocycles. The van der Waals surface area contributed by atoms with Crippen LogP contribution in [0.3, 0.4) is 0 Å². The first-order chi connectivity index (χ1) is 8.26. The number of hydrogen-bond acceptors (Lipinski definition) is 4. The Bertz CT molecular complexity index is 567. The number of benzene rings is 1. The van der Waals surface area contributed by atoms with Crippen molar-refractivity contribution in [1.82, 2.24) is 4.98 Å². The largest absolute Gasteiger partial charge is 0.496 e. The van der Waals surface area contributed by atoms with Crippen molar-refractivity contribution in [1.29, 1.82) is 5.26 Å². The number of ether oxygens (including phenoxy) is 1. The van der Waals surface area contributed by atoms with Gasteiger partial charge < -0.3 is 9.15 Å². The minimum atomic E-state index is 0.254. The maximum absolute atomic E-state index is 8.67. The fraction of sp³-hybridized carbons (Fsp3) is 0.231. The molecule has 2 rings (SSSR count). The Morgan fingerprint density at radius 2 is 2.18 bits per heavy atom. The van der Waals surface area contributed by atoms with Crippen molar-refractivity contribution < 1.29 is 9.15 Å². The number of aromatic nitrogens is 1. The average molecular weight is 228 g/mol. The minimum absolute atomic E-state index is 0.254. The summed E-state index contributed by atoms with van der Waals surface area (Å²) in [5, 5.41) is 8.67. The van der Waals surface area contributed by atoms with Gasteiger partial charge in [0.25, 0.3) is 0 Å². The first kappa shape index (κ1) is 11.2. The lowest BCUT2D eigenvalue weighted by molar-refractivity contribution is 0.414. The lowest BCUT2D eigenvalue weighted by atomic mass is 10.2. The molecule has 0 aliphatic heterocycles. The van der Waals surface area contributed by atoms with Crippen LogP contribution in [0.2, 0.25) is 0 Å². The topological polar surface area (TPSA) is 59.0 Å². The lowest BCUT2D eigenvalue weighted by Crippen LogP contribution is -1.88. The Hall–Kier alpha value is -2.28. The van der Waals surface area contributed by atoms with Crippen molar-refractivity contribution in [3.8, 4) is 23.3 Å². The molecule has 0 aliphatic carbocycles. The van der Waals surface area contributed by atoms with E-state index in [0.717, 1.165) is 5.56 Å². The molecular weight excluding hydrogens is 216 g/mol. The molecule has 0 aliphatic rings. The van der Waals surface area contributed by atoms with Gasteiger partial charge in [-0.3, -0.25) is 0 Å². The van der Waals surface area contributed by atoms with Gasteiger partial charge in [-0.2, -0.15) is 5.26 Å². The molecule has 86 valence electrons. The first-order valence-corrected chi connectivity index (χ1v) is 5.23. The van der Waals surface area contributed by atoms with Crippen molar-refractivity contribution in [3.63, 3.8) is 0 Å². The Morgan fingerprint density at radius 3 is 2.88 bits per heavy atom. The highest BCUT2D eigenvalue weighted by atomic mass is 16.5. The zero-order valence-electron chi connectivity index (χ0n) is 9.73. The summed E-state index contributed by atoms with van der Waals surface area (Å²) in [6.07, 6.45) is 0.254. The molecule has 17 heavy (non-hydrogen) atoms. The van der Waals surface area contributed by atoms with Crippen molar-refractivity contribution in [2.24, 2.45) is 0 Å². The highest BCUT2D eigenvalue weighted by Crippen LogP contribution is 2.30. The molecule has 0 atom stereocenters. The quantitative estimate of drug-likeness (QED) is 0.810. The third-order valence-electron chi connectivity index (χ3n) is 2.48. The van der Waals surface area contributed by atoms with Gasteiger partial charge in [-0.25, -0.2) is 4.98 Å². The summed E-state index contributed by atoms with van der Waals surface area (Å²) < 4.78 is 10.8. The van der Waals surface area contributed by atoms with Crippen LogP contribution in [0.5, 0.6) is 5.75 Å². The molecule has 0 saturated carbocycles. The van der Waals surface area contributed by atoms with Crippen molar-refractivity contribution in [3.05, 3.63) is 35.7 Å². The first-order valence-electron chi connectivity index (χ1n) is 5.23. The number of methoxy groups -OCH3 is 1. The number of aryl methyl sites for hydroxylation is 1. The van der Waals surface area contributed by atoms with Gasteiger partial charge in [0.15, 0.2) is 0 Å². The highest BCUT2D eigenvalue weighted by Gasteiger charge is 2.14. The van der Waals surface area contributed by atoms with E-state index in [4.69, 9.17) is 14.4 Å². The summed E-state index contributed by atoms with van der Waals surface area (Å²) in [6.45, 7) is 1.80. The van der Waals surface area contributed by atoms with Gasteiger partial charge >= 0.3 is 0 Å². The molecule has 0 radical (unpaired) electrons. The minimum Gasteiger partial charge on any atom is -0.496 e. The van der Waals surface area contributed by atoms with Crippen LogP contribution in [0.25, 0.3) is 11.5 Å². The van der Waals surface area contributed by atoms with E-state index in [1.807, 2.05) is 24.3 Å². The van der Waals surface area contributed by atoms with Crippen LogP contribution in [-0.4, -0.2) is 12.1 Å². The number of nitriles is 1. The van der Waals surface area contributed by atoms with E-state index >= 15 is 0 Å². The van der Waals surface area contributed by atoms with Crippen LogP contribution < -0.4 is 4.74 Å². The Labute approximate surface area is 99.5 Å². The van der Waals surface area contributed by atoms with Crippen molar-refractivity contribution >= 4 is 0 Å². The molecule has 0 amide bonds. The fourth-order valence-electron chi connectivity index (χ4n) is 1.60. The van der Waals surface area contributed by atoms with Gasteiger partial charge in [0.2, 0.25) is 5.89 Å². The van der Waals surface area contributed by atoms with Crippen LogP contribution in [0.4, 0.5) is 0 Å². The molecule has 4 heteroatoms. The SMILES string of the molecule is COc1ccccc1-c1nc(CC#N)c(C)o1. The Morgan fingerprint density at radius 1 is 1.41 bits per heavy atom. The van der Waals surface area contributed by atoms with Gasteiger partial charge in [-0.15, -0.1) is 0 Å². The van der Waals surface area contributed by atoms with Crippen molar-refractivity contribution in [2.45, 2.75) is 13.3 Å². The fourth-order valence-corrected chi connectivity index (χ4v) is 1.60. The molecule has 0 saturated heterocycles. The second kappa shape index (κ2) is 4.71. The molecule has 2 aromatic rings. The molecule has 4 nitrogen and oxygen atoms in total. The zero-order valence-corrected chi connectivity index (χ0v) is 9.73. The third kappa shape index (κ3) is 2.13. The molecule has 0 spiro atoms. The van der Waals surface area contributed by atoms with Gasteiger partial charge in [0.05, 0.1) is 30.9 Å². The molecular formula is C13H12N2O2. The van der Waals surface area contributed by atoms with Gasteiger partial charge in [-0.05, 0) is 19.1 Å². The zero-order chi connectivity index (χ0) is 12.3. The van der Waals surface area contributed by atoms with Gasteiger partial charge in [0.1, 0.15) is 11.5 Å². The standard InChI is InChI=1S/C13H12N2O2/c1-9-11(7-8-14)15-13(17-9)10-5-3-4-6-12(10)16-2/h3-6H,7H2,1-2H3. The van der Waals surface area contributed by atoms with Gasteiger partial charge in [0, 0.05) is 0 Å². The van der Waals surface area contributed by atoms with E-state index in [0.29, 0.717) is 23.1 Å². The molecule has 0 N–H and O–H groups in total. The summed E-state index contributed by atoms with van der Waals surface area (Å²) in [5.74, 6) is 1.87. The van der Waals surface area contributed by atoms with Crippen LogP contribution in [0.1, 0.15) is 11.5 Å². The maximum Gasteiger partial charge on any atom is 0.230 e. The molecule has 1 aromatic heterocycles. The summed E-state index contributed by atoms with van der Waals surface area (Å²) in [5.41, 5.74) is 1.47. The number of para-hydroxylation sites is 1. The second-order valence-electron chi connectivity index (χ2n) is 3.56. The van der Waals surface area contributed by atoms with Crippen LogP contribution in [-0.2, 0) is 6.42 Å². The van der Waals surface area contributed by atoms with E-state index < -0.39 is 0 Å². The predicted octanol–water partition coefficient (Wildman–Crippen LogP) is 2.72. The molecule has 0 unspecified atom stereocenters.